The molecule has 0 radical (unpaired) electrons. The largest absolute Gasteiger partial charge is 0.324 e. The first kappa shape index (κ1) is 26.4. The summed E-state index contributed by atoms with van der Waals surface area (Å²) in [5.41, 5.74) is 6.43. The number of aromatic nitrogens is 1. The number of hydrogen-bond donors (Lipinski definition) is 1. The molecule has 7 nitrogen and oxygen atoms in total. The average molecular weight is 533 g/mol. The van der Waals surface area contributed by atoms with Crippen molar-refractivity contribution < 1.29 is 9.72 Å². The van der Waals surface area contributed by atoms with E-state index in [1.165, 1.54) is 35.6 Å². The van der Waals surface area contributed by atoms with Gasteiger partial charge in [-0.2, -0.15) is 0 Å². The van der Waals surface area contributed by atoms with Crippen molar-refractivity contribution in [3.05, 3.63) is 73.6 Å². The Kier molecular flexibility index (Phi) is 6.80. The summed E-state index contributed by atoms with van der Waals surface area (Å²) in [4.78, 5) is 30.5. The van der Waals surface area contributed by atoms with E-state index in [2.05, 4.69) is 56.6 Å². The molecule has 3 aromatic rings. The monoisotopic (exact) mass is 532 g/mol. The Hall–Kier alpha value is -3.26. The van der Waals surface area contributed by atoms with E-state index in [-0.39, 0.29) is 22.5 Å². The van der Waals surface area contributed by atoms with Gasteiger partial charge in [0.15, 0.2) is 0 Å². The maximum absolute atomic E-state index is 12.9. The average Bonchev–Trinajstić information content (AvgIpc) is 3.38. The van der Waals surface area contributed by atoms with Gasteiger partial charge in [-0.1, -0.05) is 45.9 Å². The maximum Gasteiger partial charge on any atom is 0.321 e. The third-order valence-electron chi connectivity index (χ3n) is 8.55. The van der Waals surface area contributed by atoms with Gasteiger partial charge in [-0.05, 0) is 66.7 Å². The van der Waals surface area contributed by atoms with E-state index in [4.69, 9.17) is 4.98 Å². The van der Waals surface area contributed by atoms with E-state index in [9.17, 15) is 14.9 Å². The highest BCUT2D eigenvalue weighted by molar-refractivity contribution is 7.10. The zero-order valence-corrected chi connectivity index (χ0v) is 23.7. The van der Waals surface area contributed by atoms with Gasteiger partial charge in [-0.3, -0.25) is 10.1 Å². The van der Waals surface area contributed by atoms with Gasteiger partial charge in [0.1, 0.15) is 0 Å². The van der Waals surface area contributed by atoms with Crippen LogP contribution in [0.3, 0.4) is 0 Å². The molecule has 0 bridgehead atoms. The van der Waals surface area contributed by atoms with Crippen LogP contribution in [-0.2, 0) is 10.8 Å². The van der Waals surface area contributed by atoms with E-state index in [1.807, 2.05) is 0 Å². The lowest BCUT2D eigenvalue weighted by Gasteiger charge is -2.42. The molecular formula is C30H36N4O3S. The SMILES string of the molecule is Cc1c(NC(=O)N2CCC(c3nc(-c4ccc5c(c4)C(C)(C)CCC5(C)C)cs3)CC2)cccc1[N+](=O)[O-]. The molecule has 5 rings (SSSR count). The number of nitro benzene ring substituents is 1. The van der Waals surface area contributed by atoms with E-state index in [1.54, 1.807) is 35.3 Å². The number of nitrogens with zero attached hydrogens (tertiary/aromatic N) is 3. The van der Waals surface area contributed by atoms with Crippen LogP contribution < -0.4 is 5.32 Å². The summed E-state index contributed by atoms with van der Waals surface area (Å²) < 4.78 is 0. The predicted octanol–water partition coefficient (Wildman–Crippen LogP) is 7.79. The molecule has 1 aliphatic heterocycles. The number of anilines is 1. The minimum atomic E-state index is -0.426. The Bertz CT molecular complexity index is 1390. The molecule has 2 aliphatic rings. The topological polar surface area (TPSA) is 88.4 Å². The van der Waals surface area contributed by atoms with Crippen LogP contribution in [0.1, 0.15) is 81.0 Å². The number of piperidine rings is 1. The van der Waals surface area contributed by atoms with Crippen molar-refractivity contribution in [3.8, 4) is 11.3 Å². The summed E-state index contributed by atoms with van der Waals surface area (Å²) in [6.45, 7) is 12.3. The summed E-state index contributed by atoms with van der Waals surface area (Å²) in [5, 5.41) is 17.4. The number of thiazole rings is 1. The second-order valence-corrected chi connectivity index (χ2v) is 12.9. The molecular weight excluding hydrogens is 496 g/mol. The minimum Gasteiger partial charge on any atom is -0.324 e. The molecule has 1 saturated heterocycles. The maximum atomic E-state index is 12.9. The number of carbonyl (C=O) groups excluding carboxylic acids is 1. The molecule has 1 aliphatic carbocycles. The van der Waals surface area contributed by atoms with Gasteiger partial charge in [0, 0.05) is 36.0 Å². The number of nitrogens with one attached hydrogen (secondary N) is 1. The summed E-state index contributed by atoms with van der Waals surface area (Å²) in [6, 6.07) is 11.4. The van der Waals surface area contributed by atoms with Gasteiger partial charge < -0.3 is 10.2 Å². The first-order valence-electron chi connectivity index (χ1n) is 13.4. The first-order chi connectivity index (χ1) is 18.0. The second-order valence-electron chi connectivity index (χ2n) is 12.0. The summed E-state index contributed by atoms with van der Waals surface area (Å²) >= 11 is 1.71. The van der Waals surface area contributed by atoms with Gasteiger partial charge in [0.2, 0.25) is 0 Å². The molecule has 2 heterocycles. The molecule has 0 spiro atoms. The Morgan fingerprint density at radius 3 is 2.45 bits per heavy atom. The minimum absolute atomic E-state index is 0.00674. The molecule has 1 aromatic heterocycles. The van der Waals surface area contributed by atoms with Crippen molar-refractivity contribution in [2.75, 3.05) is 18.4 Å². The van der Waals surface area contributed by atoms with Gasteiger partial charge in [-0.25, -0.2) is 9.78 Å². The molecule has 0 saturated carbocycles. The highest BCUT2D eigenvalue weighted by Gasteiger charge is 2.37. The van der Waals surface area contributed by atoms with Crippen LogP contribution in [0.25, 0.3) is 11.3 Å². The summed E-state index contributed by atoms with van der Waals surface area (Å²) in [7, 11) is 0. The standard InChI is InChI=1S/C30H36N4O3S/c1-19-24(7-6-8-26(19)34(36)37)32-28(35)33-15-11-20(12-16-33)27-31-25(18-38-27)21-9-10-22-23(17-21)30(4,5)14-13-29(22,2)3/h6-10,17-18,20H,11-16H2,1-5H3,(H,32,35). The number of urea groups is 1. The van der Waals surface area contributed by atoms with Crippen molar-refractivity contribution in [1.82, 2.24) is 9.88 Å². The third-order valence-corrected chi connectivity index (χ3v) is 9.55. The lowest BCUT2D eigenvalue weighted by molar-refractivity contribution is -0.385. The number of hydrogen-bond acceptors (Lipinski definition) is 5. The van der Waals surface area contributed by atoms with Gasteiger partial charge in [0.25, 0.3) is 5.69 Å². The Morgan fingerprint density at radius 1 is 1.08 bits per heavy atom. The number of fused-ring (bicyclic) bond motifs is 1. The van der Waals surface area contributed by atoms with Gasteiger partial charge in [0.05, 0.1) is 26.9 Å². The van der Waals surface area contributed by atoms with Crippen molar-refractivity contribution >= 4 is 28.7 Å². The number of benzene rings is 2. The van der Waals surface area contributed by atoms with Crippen LogP contribution in [0.15, 0.2) is 41.8 Å². The van der Waals surface area contributed by atoms with Crippen molar-refractivity contribution in [1.29, 1.82) is 0 Å². The molecule has 2 aromatic carbocycles. The summed E-state index contributed by atoms with van der Waals surface area (Å²) in [6.07, 6.45) is 4.08. The van der Waals surface area contributed by atoms with E-state index < -0.39 is 4.92 Å². The fourth-order valence-corrected chi connectivity index (χ4v) is 6.84. The highest BCUT2D eigenvalue weighted by atomic mass is 32.1. The molecule has 0 unspecified atom stereocenters. The Labute approximate surface area is 228 Å². The number of nitro groups is 1. The van der Waals surface area contributed by atoms with Crippen LogP contribution in [0.4, 0.5) is 16.2 Å². The number of rotatable bonds is 4. The normalized spacial score (nSPS) is 18.6. The molecule has 0 atom stereocenters. The van der Waals surface area contributed by atoms with Crippen LogP contribution >= 0.6 is 11.3 Å². The Balaban J connectivity index is 1.25. The van der Waals surface area contributed by atoms with Crippen LogP contribution in [0, 0.1) is 17.0 Å². The fraction of sp³-hybridized carbons (Fsp3) is 0.467. The number of carbonyl (C=O) groups is 1. The van der Waals surface area contributed by atoms with Crippen LogP contribution in [0.5, 0.6) is 0 Å². The first-order valence-corrected chi connectivity index (χ1v) is 14.2. The lowest BCUT2D eigenvalue weighted by atomic mass is 9.63. The van der Waals surface area contributed by atoms with E-state index in [0.29, 0.717) is 30.3 Å². The van der Waals surface area contributed by atoms with E-state index in [0.717, 1.165) is 23.5 Å². The highest BCUT2D eigenvalue weighted by Crippen LogP contribution is 2.47. The molecule has 38 heavy (non-hydrogen) atoms. The Morgan fingerprint density at radius 2 is 1.76 bits per heavy atom. The quantitative estimate of drug-likeness (QED) is 0.274. The zero-order chi connectivity index (χ0) is 27.2. The third kappa shape index (κ3) is 4.94. The fourth-order valence-electron chi connectivity index (χ4n) is 5.84. The number of amides is 2. The zero-order valence-electron chi connectivity index (χ0n) is 22.8. The van der Waals surface area contributed by atoms with Gasteiger partial charge in [-0.15, -0.1) is 11.3 Å². The van der Waals surface area contributed by atoms with Crippen LogP contribution in [-0.4, -0.2) is 33.9 Å². The molecule has 2 amide bonds. The lowest BCUT2D eigenvalue weighted by Crippen LogP contribution is -2.40. The molecule has 1 fully saturated rings. The van der Waals surface area contributed by atoms with Crippen molar-refractivity contribution in [2.45, 2.75) is 77.0 Å². The second kappa shape index (κ2) is 9.80. The molecule has 1 N–H and O–H groups in total. The van der Waals surface area contributed by atoms with Crippen molar-refractivity contribution in [2.24, 2.45) is 0 Å². The smallest absolute Gasteiger partial charge is 0.321 e. The van der Waals surface area contributed by atoms with Gasteiger partial charge >= 0.3 is 6.03 Å². The predicted molar refractivity (Wildman–Crippen MR) is 153 cm³/mol. The van der Waals surface area contributed by atoms with E-state index >= 15 is 0 Å². The summed E-state index contributed by atoms with van der Waals surface area (Å²) in [5.74, 6) is 0.324. The van der Waals surface area contributed by atoms with Crippen LogP contribution in [0.2, 0.25) is 0 Å². The van der Waals surface area contributed by atoms with Crippen molar-refractivity contribution in [3.63, 3.8) is 0 Å². The molecule has 8 heteroatoms. The number of likely N-dealkylation sites (tertiary alicyclic amines) is 1. The molecule has 200 valence electrons.